The van der Waals surface area contributed by atoms with Gasteiger partial charge in [0.2, 0.25) is 28.1 Å². The van der Waals surface area contributed by atoms with Crippen LogP contribution in [-0.2, 0) is 0 Å². The van der Waals surface area contributed by atoms with Crippen molar-refractivity contribution in [2.75, 3.05) is 0 Å². The quantitative estimate of drug-likeness (QED) is 0.745. The summed E-state index contributed by atoms with van der Waals surface area (Å²) in [6.45, 7) is 12.3. The fraction of sp³-hybridized carbons (Fsp3) is 0.667. The molecular weight excluding hydrogens is 212 g/mol. The van der Waals surface area contributed by atoms with E-state index in [0.717, 1.165) is 0 Å². The summed E-state index contributed by atoms with van der Waals surface area (Å²) in [6.07, 6.45) is 0. The highest BCUT2D eigenvalue weighted by Crippen LogP contribution is 2.33. The second-order valence-electron chi connectivity index (χ2n) is 5.42. The maximum absolute atomic E-state index is 11.3. The zero-order valence-corrected chi connectivity index (χ0v) is 11.7. The van der Waals surface area contributed by atoms with Crippen molar-refractivity contribution in [2.24, 2.45) is 0 Å². The number of hydrogen-bond acceptors (Lipinski definition) is 3. The highest BCUT2D eigenvalue weighted by Gasteiger charge is 2.34. The van der Waals surface area contributed by atoms with Crippen LogP contribution in [0.3, 0.4) is 0 Å². The van der Waals surface area contributed by atoms with Gasteiger partial charge in [0.1, 0.15) is 0 Å². The Morgan fingerprint density at radius 1 is 0.786 bits per heavy atom. The fourth-order valence-electron chi connectivity index (χ4n) is 0.937. The molecule has 0 aromatic heterocycles. The summed E-state index contributed by atoms with van der Waals surface area (Å²) in [7, 11) is -3.32. The largest absolute Gasteiger partial charge is 0.539 e. The minimum absolute atomic E-state index is 0.0325. The van der Waals surface area contributed by atoms with Crippen LogP contribution >= 0.6 is 0 Å². The van der Waals surface area contributed by atoms with E-state index in [0.29, 0.717) is 11.5 Å². The summed E-state index contributed by atoms with van der Waals surface area (Å²) in [5, 5.41) is 0. The Morgan fingerprint density at radius 3 is 1.29 bits per heavy atom. The molecule has 0 atom stereocenters. The molecule has 0 saturated carbocycles. The molecule has 0 heterocycles. The van der Waals surface area contributed by atoms with Gasteiger partial charge in [-0.1, -0.05) is 0 Å². The highest BCUT2D eigenvalue weighted by molar-refractivity contribution is 6.71. The first kappa shape index (κ1) is 11.5. The molecule has 0 radical (unpaired) electrons. The van der Waals surface area contributed by atoms with Gasteiger partial charge in [-0.15, -0.1) is 0 Å². The van der Waals surface area contributed by atoms with Crippen molar-refractivity contribution >= 4 is 16.6 Å². The number of hydrogen-bond donors (Lipinski definition) is 0. The third kappa shape index (κ3) is 3.30. The van der Waals surface area contributed by atoms with Crippen molar-refractivity contribution in [3.8, 4) is 11.5 Å². The summed E-state index contributed by atoms with van der Waals surface area (Å²) in [4.78, 5) is 11.3. The molecule has 1 aromatic rings. The van der Waals surface area contributed by atoms with Gasteiger partial charge >= 0.3 is 0 Å². The fourth-order valence-corrected chi connectivity index (χ4v) is 2.53. The summed E-state index contributed by atoms with van der Waals surface area (Å²) in [5.41, 5.74) is -0.0325. The van der Waals surface area contributed by atoms with Crippen LogP contribution in [0.2, 0.25) is 39.3 Å². The van der Waals surface area contributed by atoms with Crippen LogP contribution in [0.4, 0.5) is 0 Å². The molecule has 0 spiro atoms. The van der Waals surface area contributed by atoms with E-state index < -0.39 is 16.6 Å². The smallest absolute Gasteiger partial charge is 0.267 e. The first-order chi connectivity index (χ1) is 6.10. The van der Waals surface area contributed by atoms with Gasteiger partial charge in [0.15, 0.2) is 0 Å². The third-order valence-corrected chi connectivity index (χ3v) is 3.01. The van der Waals surface area contributed by atoms with E-state index in [4.69, 9.17) is 8.85 Å². The second-order valence-corrected chi connectivity index (χ2v) is 14.3. The van der Waals surface area contributed by atoms with Gasteiger partial charge in [-0.2, -0.15) is 0 Å². The topological polar surface area (TPSA) is 35.5 Å². The third-order valence-electron chi connectivity index (χ3n) is 1.37. The molecule has 0 aliphatic rings. The van der Waals surface area contributed by atoms with E-state index in [1.54, 1.807) is 0 Å². The lowest BCUT2D eigenvalue weighted by Gasteiger charge is -2.17. The van der Waals surface area contributed by atoms with E-state index in [-0.39, 0.29) is 5.43 Å². The van der Waals surface area contributed by atoms with Gasteiger partial charge in [-0.05, 0) is 39.3 Å². The molecule has 1 rings (SSSR count). The Balaban J connectivity index is 2.63. The van der Waals surface area contributed by atoms with Crippen LogP contribution in [0.25, 0.3) is 0 Å². The lowest BCUT2D eigenvalue weighted by atomic mass is 11.0. The molecule has 0 aliphatic heterocycles. The summed E-state index contributed by atoms with van der Waals surface area (Å²) in [6, 6.07) is 0. The molecule has 14 heavy (non-hydrogen) atoms. The van der Waals surface area contributed by atoms with E-state index in [1.165, 1.54) is 0 Å². The standard InChI is InChI=1S/C9H18O3Si2/c1-13(2,3)11-8-7(10)9(8)12-14(4,5)6/h1-6H3. The van der Waals surface area contributed by atoms with Crippen molar-refractivity contribution in [1.29, 1.82) is 0 Å². The molecule has 0 saturated heterocycles. The maximum atomic E-state index is 11.3. The Morgan fingerprint density at radius 2 is 1.07 bits per heavy atom. The zero-order chi connectivity index (χ0) is 11.1. The minimum atomic E-state index is -1.66. The lowest BCUT2D eigenvalue weighted by Crippen LogP contribution is -2.30. The predicted molar refractivity (Wildman–Crippen MR) is 63.0 cm³/mol. The van der Waals surface area contributed by atoms with Crippen LogP contribution in [0.15, 0.2) is 4.79 Å². The first-order valence-corrected chi connectivity index (χ1v) is 11.6. The van der Waals surface area contributed by atoms with Crippen molar-refractivity contribution in [2.45, 2.75) is 39.3 Å². The molecule has 5 heteroatoms. The molecule has 0 amide bonds. The highest BCUT2D eigenvalue weighted by atomic mass is 28.4. The van der Waals surface area contributed by atoms with Gasteiger partial charge in [0.25, 0.3) is 5.43 Å². The Hall–Kier alpha value is -0.556. The molecule has 0 N–H and O–H groups in total. The summed E-state index contributed by atoms with van der Waals surface area (Å²) < 4.78 is 11.2. The average molecular weight is 230 g/mol. The molecule has 0 aliphatic carbocycles. The summed E-state index contributed by atoms with van der Waals surface area (Å²) >= 11 is 0. The molecule has 3 nitrogen and oxygen atoms in total. The molecule has 0 unspecified atom stereocenters. The van der Waals surface area contributed by atoms with Crippen LogP contribution in [0, 0.1) is 0 Å². The van der Waals surface area contributed by atoms with Crippen LogP contribution in [0.1, 0.15) is 0 Å². The predicted octanol–water partition coefficient (Wildman–Crippen LogP) is 2.35. The maximum Gasteiger partial charge on any atom is 0.267 e. The number of rotatable bonds is 4. The van der Waals surface area contributed by atoms with E-state index >= 15 is 0 Å². The van der Waals surface area contributed by atoms with E-state index in [1.807, 2.05) is 0 Å². The monoisotopic (exact) mass is 230 g/mol. The van der Waals surface area contributed by atoms with Gasteiger partial charge in [0, 0.05) is 0 Å². The summed E-state index contributed by atoms with van der Waals surface area (Å²) in [5.74, 6) is 0.957. The van der Waals surface area contributed by atoms with Crippen LogP contribution < -0.4 is 14.3 Å². The van der Waals surface area contributed by atoms with Crippen LogP contribution in [0.5, 0.6) is 11.5 Å². The zero-order valence-electron chi connectivity index (χ0n) is 9.72. The van der Waals surface area contributed by atoms with Crippen molar-refractivity contribution in [3.05, 3.63) is 10.2 Å². The molecule has 1 aromatic carbocycles. The van der Waals surface area contributed by atoms with Crippen molar-refractivity contribution in [3.63, 3.8) is 0 Å². The molecule has 0 fully saturated rings. The lowest BCUT2D eigenvalue weighted by molar-refractivity contribution is 0.524. The average Bonchev–Trinajstić information content (AvgIpc) is 2.38. The Kier molecular flexibility index (Phi) is 2.66. The SMILES string of the molecule is C[Si](C)(C)Oc1c(O[Si](C)(C)C)c1=O. The minimum Gasteiger partial charge on any atom is -0.539 e. The van der Waals surface area contributed by atoms with Gasteiger partial charge in [-0.3, -0.25) is 4.79 Å². The second kappa shape index (κ2) is 3.24. The Bertz CT molecular complexity index is 306. The van der Waals surface area contributed by atoms with E-state index in [9.17, 15) is 4.79 Å². The first-order valence-electron chi connectivity index (χ1n) is 4.77. The van der Waals surface area contributed by atoms with Gasteiger partial charge < -0.3 is 8.85 Å². The Labute approximate surface area is 87.0 Å². The van der Waals surface area contributed by atoms with Crippen molar-refractivity contribution in [1.82, 2.24) is 0 Å². The van der Waals surface area contributed by atoms with Gasteiger partial charge in [0.05, 0.1) is 0 Å². The van der Waals surface area contributed by atoms with E-state index in [2.05, 4.69) is 39.3 Å². The molecular formula is C9H18O3Si2. The molecule has 0 bridgehead atoms. The van der Waals surface area contributed by atoms with Gasteiger partial charge in [-0.25, -0.2) is 0 Å². The van der Waals surface area contributed by atoms with Crippen molar-refractivity contribution < 1.29 is 8.85 Å². The van der Waals surface area contributed by atoms with Crippen LogP contribution in [-0.4, -0.2) is 16.6 Å². The molecule has 80 valence electrons. The normalized spacial score (nSPS) is 13.3.